The van der Waals surface area contributed by atoms with Gasteiger partial charge in [0, 0.05) is 0 Å². The highest BCUT2D eigenvalue weighted by Gasteiger charge is 2.51. The van der Waals surface area contributed by atoms with Crippen molar-refractivity contribution in [1.29, 1.82) is 0 Å². The maximum atomic E-state index is 6.26. The van der Waals surface area contributed by atoms with Gasteiger partial charge in [0.1, 0.15) is 6.10 Å². The monoisotopic (exact) mass is 370 g/mol. The van der Waals surface area contributed by atoms with Crippen LogP contribution in [0, 0.1) is 0 Å². The fraction of sp³-hybridized carbons (Fsp3) is 0.455. The molecule has 2 aliphatic heterocycles. The zero-order chi connectivity index (χ0) is 18.5. The van der Waals surface area contributed by atoms with Gasteiger partial charge in [-0.1, -0.05) is 60.7 Å². The normalized spacial score (nSPS) is 27.1. The van der Waals surface area contributed by atoms with E-state index in [4.69, 9.17) is 23.7 Å². The number of benzene rings is 2. The molecule has 2 aliphatic rings. The third kappa shape index (κ3) is 4.57. The second-order valence-corrected chi connectivity index (χ2v) is 7.00. The second-order valence-electron chi connectivity index (χ2n) is 7.00. The fourth-order valence-electron chi connectivity index (χ4n) is 3.63. The third-order valence-corrected chi connectivity index (χ3v) is 4.97. The van der Waals surface area contributed by atoms with Gasteiger partial charge in [-0.2, -0.15) is 0 Å². The summed E-state index contributed by atoms with van der Waals surface area (Å²) in [4.78, 5) is 0. The van der Waals surface area contributed by atoms with Gasteiger partial charge < -0.3 is 23.7 Å². The molecule has 4 rings (SSSR count). The molecule has 0 radical (unpaired) electrons. The van der Waals surface area contributed by atoms with Crippen LogP contribution in [0.1, 0.15) is 24.5 Å². The summed E-state index contributed by atoms with van der Waals surface area (Å²) in [5.74, 6) is -1.01. The summed E-state index contributed by atoms with van der Waals surface area (Å²) >= 11 is 0. The molecule has 0 unspecified atom stereocenters. The Bertz CT molecular complexity index is 699. The molecule has 3 atom stereocenters. The smallest absolute Gasteiger partial charge is 0.286 e. The minimum atomic E-state index is -1.01. The highest BCUT2D eigenvalue weighted by Crippen LogP contribution is 2.37. The summed E-state index contributed by atoms with van der Waals surface area (Å²) in [7, 11) is 0. The first-order valence-corrected chi connectivity index (χ1v) is 9.51. The molecule has 0 bridgehead atoms. The highest BCUT2D eigenvalue weighted by molar-refractivity contribution is 5.14. The van der Waals surface area contributed by atoms with E-state index in [1.807, 2.05) is 43.3 Å². The molecule has 2 saturated heterocycles. The van der Waals surface area contributed by atoms with E-state index in [2.05, 4.69) is 24.3 Å². The first kappa shape index (κ1) is 18.6. The van der Waals surface area contributed by atoms with Crippen molar-refractivity contribution in [2.75, 3.05) is 13.2 Å². The summed E-state index contributed by atoms with van der Waals surface area (Å²) in [6.45, 7) is 4.08. The van der Waals surface area contributed by atoms with Crippen molar-refractivity contribution in [1.82, 2.24) is 0 Å². The predicted molar refractivity (Wildman–Crippen MR) is 99.8 cm³/mol. The number of hydrogen-bond donors (Lipinski definition) is 0. The molecular formula is C22H26O5. The highest BCUT2D eigenvalue weighted by atomic mass is 16.9. The second kappa shape index (κ2) is 8.50. The van der Waals surface area contributed by atoms with Gasteiger partial charge in [-0.3, -0.25) is 0 Å². The average molecular weight is 370 g/mol. The van der Waals surface area contributed by atoms with Crippen LogP contribution in [-0.2, 0) is 36.9 Å². The Morgan fingerprint density at radius 3 is 2.00 bits per heavy atom. The van der Waals surface area contributed by atoms with Crippen molar-refractivity contribution in [3.05, 3.63) is 71.8 Å². The number of ether oxygens (including phenoxy) is 5. The summed E-state index contributed by atoms with van der Waals surface area (Å²) in [6, 6.07) is 20.3. The third-order valence-electron chi connectivity index (χ3n) is 4.97. The molecule has 0 saturated carbocycles. The van der Waals surface area contributed by atoms with Crippen molar-refractivity contribution >= 4 is 0 Å². The zero-order valence-electron chi connectivity index (χ0n) is 15.6. The largest absolute Gasteiger partial charge is 0.370 e. The summed E-state index contributed by atoms with van der Waals surface area (Å²) in [6.07, 6.45) is -0.103. The van der Waals surface area contributed by atoms with Crippen LogP contribution in [0.2, 0.25) is 0 Å². The van der Waals surface area contributed by atoms with Gasteiger partial charge in [0.05, 0.1) is 45.1 Å². The van der Waals surface area contributed by atoms with Gasteiger partial charge in [-0.25, -0.2) is 0 Å². The Kier molecular flexibility index (Phi) is 5.86. The standard InChI is InChI=1S/C22H26O5/c1-17-21(24-16-19-10-6-3-7-11-19)20(14-22(27-17)25-12-13-26-22)23-15-18-8-4-2-5-9-18/h2-11,17,20-21H,12-16H2,1H3/t17-,20+,21-/m0/s1. The van der Waals surface area contributed by atoms with E-state index >= 15 is 0 Å². The van der Waals surface area contributed by atoms with Gasteiger partial charge in [0.2, 0.25) is 0 Å². The van der Waals surface area contributed by atoms with Crippen molar-refractivity contribution in [2.45, 2.75) is 50.8 Å². The van der Waals surface area contributed by atoms with Gasteiger partial charge in [0.25, 0.3) is 5.97 Å². The van der Waals surface area contributed by atoms with Crippen LogP contribution >= 0.6 is 0 Å². The molecule has 5 nitrogen and oxygen atoms in total. The summed E-state index contributed by atoms with van der Waals surface area (Å²) in [5, 5.41) is 0. The fourth-order valence-corrected chi connectivity index (χ4v) is 3.63. The van der Waals surface area contributed by atoms with E-state index in [1.165, 1.54) is 0 Å². The first-order valence-electron chi connectivity index (χ1n) is 9.51. The Balaban J connectivity index is 1.45. The SMILES string of the molecule is C[C@@H]1OC2(C[C@@H](OCc3ccccc3)[C@H]1OCc1ccccc1)OCCO2. The minimum Gasteiger partial charge on any atom is -0.370 e. The Morgan fingerprint density at radius 2 is 1.41 bits per heavy atom. The van der Waals surface area contributed by atoms with Crippen LogP contribution in [0.3, 0.4) is 0 Å². The van der Waals surface area contributed by atoms with Gasteiger partial charge in [0.15, 0.2) is 0 Å². The van der Waals surface area contributed by atoms with Crippen LogP contribution in [0.5, 0.6) is 0 Å². The summed E-state index contributed by atoms with van der Waals surface area (Å²) in [5.41, 5.74) is 2.25. The molecule has 2 fully saturated rings. The van der Waals surface area contributed by atoms with E-state index in [0.29, 0.717) is 32.8 Å². The van der Waals surface area contributed by atoms with Gasteiger partial charge in [-0.15, -0.1) is 0 Å². The quantitative estimate of drug-likeness (QED) is 0.776. The van der Waals surface area contributed by atoms with Crippen LogP contribution in [0.4, 0.5) is 0 Å². The lowest BCUT2D eigenvalue weighted by molar-refractivity contribution is -0.394. The van der Waals surface area contributed by atoms with E-state index < -0.39 is 5.97 Å². The maximum Gasteiger partial charge on any atom is 0.286 e. The maximum absolute atomic E-state index is 6.26. The van der Waals surface area contributed by atoms with E-state index in [0.717, 1.165) is 11.1 Å². The molecule has 144 valence electrons. The van der Waals surface area contributed by atoms with Gasteiger partial charge >= 0.3 is 0 Å². The van der Waals surface area contributed by atoms with E-state index in [9.17, 15) is 0 Å². The van der Waals surface area contributed by atoms with Crippen molar-refractivity contribution in [3.8, 4) is 0 Å². The molecule has 0 aliphatic carbocycles. The molecule has 5 heteroatoms. The lowest BCUT2D eigenvalue weighted by atomic mass is 10.00. The van der Waals surface area contributed by atoms with Crippen molar-refractivity contribution in [2.24, 2.45) is 0 Å². The minimum absolute atomic E-state index is 0.184. The Morgan fingerprint density at radius 1 is 0.852 bits per heavy atom. The van der Waals surface area contributed by atoms with E-state index in [1.54, 1.807) is 0 Å². The molecule has 2 aromatic carbocycles. The van der Waals surface area contributed by atoms with E-state index in [-0.39, 0.29) is 18.3 Å². The topological polar surface area (TPSA) is 46.2 Å². The Labute approximate surface area is 160 Å². The zero-order valence-corrected chi connectivity index (χ0v) is 15.6. The van der Waals surface area contributed by atoms with Crippen LogP contribution in [0.15, 0.2) is 60.7 Å². The first-order chi connectivity index (χ1) is 13.2. The molecule has 0 amide bonds. The number of hydrogen-bond acceptors (Lipinski definition) is 5. The molecule has 1 spiro atoms. The average Bonchev–Trinajstić information content (AvgIpc) is 3.14. The lowest BCUT2D eigenvalue weighted by Crippen LogP contribution is -2.55. The summed E-state index contributed by atoms with van der Waals surface area (Å²) < 4.78 is 30.1. The molecular weight excluding hydrogens is 344 g/mol. The van der Waals surface area contributed by atoms with Crippen LogP contribution in [-0.4, -0.2) is 37.5 Å². The van der Waals surface area contributed by atoms with Crippen LogP contribution < -0.4 is 0 Å². The molecule has 27 heavy (non-hydrogen) atoms. The van der Waals surface area contributed by atoms with Crippen molar-refractivity contribution < 1.29 is 23.7 Å². The molecule has 0 N–H and O–H groups in total. The van der Waals surface area contributed by atoms with Crippen LogP contribution in [0.25, 0.3) is 0 Å². The van der Waals surface area contributed by atoms with Gasteiger partial charge in [-0.05, 0) is 18.1 Å². The molecule has 2 aromatic rings. The predicted octanol–water partition coefficient (Wildman–Crippen LogP) is 3.67. The lowest BCUT2D eigenvalue weighted by Gasteiger charge is -2.43. The number of rotatable bonds is 6. The van der Waals surface area contributed by atoms with Crippen molar-refractivity contribution in [3.63, 3.8) is 0 Å². The molecule has 2 heterocycles. The molecule has 0 aromatic heterocycles. The Hall–Kier alpha value is -1.76.